The first kappa shape index (κ1) is 26.6. The summed E-state index contributed by atoms with van der Waals surface area (Å²) in [6.07, 6.45) is 1.85. The Morgan fingerprint density at radius 3 is 2.63 bits per heavy atom. The van der Waals surface area contributed by atoms with Crippen molar-refractivity contribution in [1.82, 2.24) is 20.4 Å². The molecule has 1 aliphatic heterocycles. The number of hydrogen-bond donors (Lipinski definition) is 4. The largest absolute Gasteiger partial charge is 0.438 e. The van der Waals surface area contributed by atoms with Crippen LogP contribution >= 0.6 is 11.3 Å². The van der Waals surface area contributed by atoms with Crippen molar-refractivity contribution in [3.8, 4) is 11.6 Å². The van der Waals surface area contributed by atoms with Crippen LogP contribution in [-0.4, -0.2) is 51.8 Å². The molecule has 2 aliphatic rings. The number of para-hydroxylation sites is 1. The maximum absolute atomic E-state index is 13.9. The van der Waals surface area contributed by atoms with Crippen LogP contribution in [0.1, 0.15) is 39.0 Å². The van der Waals surface area contributed by atoms with E-state index in [4.69, 9.17) is 21.9 Å². The minimum atomic E-state index is -1.73. The summed E-state index contributed by atoms with van der Waals surface area (Å²) in [5.41, 5.74) is 19.4. The standard InChI is InChI=1S/C29H27N7O4S/c1-2-21(37)36-13-12-15(14-36)33-28(39)26-23-22-17(8-9-18(30)25(22)41-26)29(32,27(38)24(23)31)19-10-11-20(35-34-19)40-16-6-4-3-5-7-16/h2-11,15,24H,1,12-14,30-32H2,(H,33,39). The lowest BCUT2D eigenvalue weighted by Crippen LogP contribution is -2.53. The lowest BCUT2D eigenvalue weighted by Gasteiger charge is -2.35. The van der Waals surface area contributed by atoms with Crippen molar-refractivity contribution >= 4 is 44.7 Å². The molecular weight excluding hydrogens is 542 g/mol. The number of nitrogen functional groups attached to an aromatic ring is 1. The van der Waals surface area contributed by atoms with Gasteiger partial charge in [-0.1, -0.05) is 30.8 Å². The normalized spacial score (nSPS) is 21.6. The zero-order valence-electron chi connectivity index (χ0n) is 21.9. The molecule has 0 radical (unpaired) electrons. The summed E-state index contributed by atoms with van der Waals surface area (Å²) < 4.78 is 6.34. The summed E-state index contributed by atoms with van der Waals surface area (Å²) >= 11 is 1.16. The molecule has 1 aliphatic carbocycles. The van der Waals surface area contributed by atoms with Crippen LogP contribution in [0.2, 0.25) is 0 Å². The van der Waals surface area contributed by atoms with Gasteiger partial charge in [0.1, 0.15) is 11.3 Å². The second-order valence-electron chi connectivity index (χ2n) is 10.0. The number of likely N-dealkylation sites (tertiary alicyclic amines) is 1. The molecule has 41 heavy (non-hydrogen) atoms. The van der Waals surface area contributed by atoms with Crippen LogP contribution in [0.15, 0.2) is 67.3 Å². The average molecular weight is 570 g/mol. The van der Waals surface area contributed by atoms with Crippen LogP contribution in [-0.2, 0) is 15.1 Å². The number of ketones is 1. The van der Waals surface area contributed by atoms with Crippen molar-refractivity contribution in [3.05, 3.63) is 89.0 Å². The van der Waals surface area contributed by atoms with Gasteiger partial charge in [-0.05, 0) is 42.3 Å². The molecule has 7 N–H and O–H groups in total. The summed E-state index contributed by atoms with van der Waals surface area (Å²) in [4.78, 5) is 41.3. The lowest BCUT2D eigenvalue weighted by molar-refractivity contribution is -0.125. The smallest absolute Gasteiger partial charge is 0.262 e. The van der Waals surface area contributed by atoms with E-state index >= 15 is 0 Å². The number of ether oxygens (including phenoxy) is 1. The third-order valence-electron chi connectivity index (χ3n) is 7.54. The highest BCUT2D eigenvalue weighted by molar-refractivity contribution is 7.21. The van der Waals surface area contributed by atoms with Gasteiger partial charge in [0.2, 0.25) is 11.8 Å². The molecule has 0 spiro atoms. The quantitative estimate of drug-likeness (QED) is 0.200. The number of nitrogens with zero attached hydrogens (tertiary/aromatic N) is 3. The molecule has 3 unspecified atom stereocenters. The van der Waals surface area contributed by atoms with E-state index in [1.54, 1.807) is 41.3 Å². The van der Waals surface area contributed by atoms with Crippen LogP contribution in [0, 0.1) is 0 Å². The third kappa shape index (κ3) is 4.32. The van der Waals surface area contributed by atoms with E-state index in [1.807, 2.05) is 18.2 Å². The average Bonchev–Trinajstić information content (AvgIpc) is 3.62. The topological polar surface area (TPSA) is 180 Å². The van der Waals surface area contributed by atoms with Gasteiger partial charge >= 0.3 is 0 Å². The number of Topliss-reactive ketones (excluding diaryl/α,β-unsaturated/α-hetero) is 1. The second-order valence-corrected chi connectivity index (χ2v) is 11.0. The Labute approximate surface area is 239 Å². The summed E-state index contributed by atoms with van der Waals surface area (Å²) in [7, 11) is 0. The fourth-order valence-electron chi connectivity index (χ4n) is 5.47. The second kappa shape index (κ2) is 10.1. The van der Waals surface area contributed by atoms with Gasteiger partial charge in [-0.15, -0.1) is 21.5 Å². The number of amides is 2. The van der Waals surface area contributed by atoms with Gasteiger partial charge in [-0.2, -0.15) is 0 Å². The first-order chi connectivity index (χ1) is 19.7. The van der Waals surface area contributed by atoms with Gasteiger partial charge in [-0.25, -0.2) is 0 Å². The van der Waals surface area contributed by atoms with Crippen molar-refractivity contribution < 1.29 is 19.1 Å². The number of nitrogens with two attached hydrogens (primary N) is 3. The van der Waals surface area contributed by atoms with Crippen LogP contribution in [0.5, 0.6) is 11.6 Å². The number of hydrogen-bond acceptors (Lipinski definition) is 10. The third-order valence-corrected chi connectivity index (χ3v) is 8.79. The zero-order valence-corrected chi connectivity index (χ0v) is 22.7. The Bertz CT molecular complexity index is 1710. The van der Waals surface area contributed by atoms with E-state index in [0.29, 0.717) is 52.2 Å². The molecule has 2 amide bonds. The number of aromatic nitrogens is 2. The summed E-state index contributed by atoms with van der Waals surface area (Å²) in [6, 6.07) is 14.1. The molecule has 2 aromatic heterocycles. The fraction of sp³-hybridized carbons (Fsp3) is 0.207. The fourth-order valence-corrected chi connectivity index (χ4v) is 6.67. The predicted octanol–water partition coefficient (Wildman–Crippen LogP) is 2.37. The molecular formula is C29H27N7O4S. The number of rotatable bonds is 6. The Kier molecular flexibility index (Phi) is 6.53. The summed E-state index contributed by atoms with van der Waals surface area (Å²) in [5.74, 6) is -0.295. The van der Waals surface area contributed by atoms with E-state index in [2.05, 4.69) is 22.1 Å². The van der Waals surface area contributed by atoms with Crippen molar-refractivity contribution in [3.63, 3.8) is 0 Å². The maximum atomic E-state index is 13.9. The highest BCUT2D eigenvalue weighted by atomic mass is 32.1. The predicted molar refractivity (Wildman–Crippen MR) is 154 cm³/mol. The number of thiophene rings is 1. The minimum Gasteiger partial charge on any atom is -0.438 e. The number of nitrogens with one attached hydrogen (secondary N) is 1. The summed E-state index contributed by atoms with van der Waals surface area (Å²) in [6.45, 7) is 4.39. The van der Waals surface area contributed by atoms with Crippen LogP contribution < -0.4 is 27.3 Å². The molecule has 3 heterocycles. The lowest BCUT2D eigenvalue weighted by atomic mass is 9.72. The highest BCUT2D eigenvalue weighted by Gasteiger charge is 2.50. The van der Waals surface area contributed by atoms with Gasteiger partial charge in [0.15, 0.2) is 5.78 Å². The van der Waals surface area contributed by atoms with Gasteiger partial charge in [0.25, 0.3) is 5.91 Å². The number of carbonyl (C=O) groups is 3. The van der Waals surface area contributed by atoms with Crippen LogP contribution in [0.3, 0.4) is 0 Å². The van der Waals surface area contributed by atoms with E-state index in [-0.39, 0.29) is 34.3 Å². The van der Waals surface area contributed by atoms with E-state index in [9.17, 15) is 14.4 Å². The molecule has 11 nitrogen and oxygen atoms in total. The molecule has 1 fully saturated rings. The SMILES string of the molecule is C=CC(=O)N1CCC(NC(=O)c2sc3c(N)ccc4c3c2C(N)C(=O)C4(N)c2ccc(Oc3ccccc3)nn2)C1. The summed E-state index contributed by atoms with van der Waals surface area (Å²) in [5, 5.41) is 11.9. The Morgan fingerprint density at radius 2 is 1.93 bits per heavy atom. The molecule has 0 saturated carbocycles. The minimum absolute atomic E-state index is 0.185. The molecule has 4 aromatic rings. The Morgan fingerprint density at radius 1 is 1.15 bits per heavy atom. The molecule has 1 saturated heterocycles. The highest BCUT2D eigenvalue weighted by Crippen LogP contribution is 2.49. The number of anilines is 1. The van der Waals surface area contributed by atoms with Gasteiger partial charge < -0.3 is 32.2 Å². The van der Waals surface area contributed by atoms with Crippen LogP contribution in [0.4, 0.5) is 5.69 Å². The van der Waals surface area contributed by atoms with Gasteiger partial charge in [-0.3, -0.25) is 14.4 Å². The molecule has 12 heteroatoms. The first-order valence-corrected chi connectivity index (χ1v) is 13.8. The molecule has 2 aromatic carbocycles. The molecule has 0 bridgehead atoms. The first-order valence-electron chi connectivity index (χ1n) is 13.0. The Balaban J connectivity index is 1.37. The van der Waals surface area contributed by atoms with E-state index < -0.39 is 17.4 Å². The van der Waals surface area contributed by atoms with Gasteiger partial charge in [0.05, 0.1) is 21.3 Å². The molecule has 3 atom stereocenters. The number of benzene rings is 2. The van der Waals surface area contributed by atoms with Crippen molar-refractivity contribution in [1.29, 1.82) is 0 Å². The van der Waals surface area contributed by atoms with Crippen molar-refractivity contribution in [2.75, 3.05) is 18.8 Å². The zero-order chi connectivity index (χ0) is 28.9. The Hall–Kier alpha value is -4.65. The molecule has 6 rings (SSSR count). The van der Waals surface area contributed by atoms with Crippen molar-refractivity contribution in [2.45, 2.75) is 24.0 Å². The van der Waals surface area contributed by atoms with E-state index in [1.165, 1.54) is 6.08 Å². The monoisotopic (exact) mass is 569 g/mol. The van der Waals surface area contributed by atoms with Crippen LogP contribution in [0.25, 0.3) is 10.1 Å². The number of carbonyl (C=O) groups excluding carboxylic acids is 3. The molecule has 208 valence electrons. The van der Waals surface area contributed by atoms with Crippen molar-refractivity contribution in [2.24, 2.45) is 11.5 Å². The maximum Gasteiger partial charge on any atom is 0.262 e. The van der Waals surface area contributed by atoms with Gasteiger partial charge in [0, 0.05) is 41.8 Å². The van der Waals surface area contributed by atoms with E-state index in [0.717, 1.165) is 11.3 Å².